The number of thioether (sulfide) groups is 1. The van der Waals surface area contributed by atoms with Crippen molar-refractivity contribution in [1.82, 2.24) is 5.32 Å². The van der Waals surface area contributed by atoms with Crippen molar-refractivity contribution in [2.45, 2.75) is 37.2 Å². The summed E-state index contributed by atoms with van der Waals surface area (Å²) >= 11 is 1.74. The first-order chi connectivity index (χ1) is 8.49. The van der Waals surface area contributed by atoms with Gasteiger partial charge in [-0.1, -0.05) is 13.8 Å². The van der Waals surface area contributed by atoms with E-state index in [1.54, 1.807) is 18.9 Å². The van der Waals surface area contributed by atoms with Crippen LogP contribution in [0.3, 0.4) is 0 Å². The van der Waals surface area contributed by atoms with Gasteiger partial charge in [0.05, 0.1) is 13.7 Å². The third kappa shape index (κ3) is 4.88. The largest absolute Gasteiger partial charge is 0.497 e. The Morgan fingerprint density at radius 3 is 2.39 bits per heavy atom. The minimum Gasteiger partial charge on any atom is -0.497 e. The Hall–Kier alpha value is -0.710. The van der Waals surface area contributed by atoms with E-state index in [-0.39, 0.29) is 12.1 Å². The fourth-order valence-electron chi connectivity index (χ4n) is 1.74. The lowest BCUT2D eigenvalue weighted by atomic mass is 10.1. The standard InChI is InChI=1S/C14H23NO2S/c1-11(2)15-14(3,9-16)10-18-13-7-5-12(17-4)6-8-13/h5-8,11,15-16H,9-10H2,1-4H3. The van der Waals surface area contributed by atoms with Crippen LogP contribution in [0.4, 0.5) is 0 Å². The summed E-state index contributed by atoms with van der Waals surface area (Å²) in [6, 6.07) is 8.34. The maximum atomic E-state index is 9.50. The number of aliphatic hydroxyl groups is 1. The second-order valence-corrected chi connectivity index (χ2v) is 6.03. The highest BCUT2D eigenvalue weighted by atomic mass is 32.2. The molecule has 0 aliphatic heterocycles. The molecule has 0 saturated heterocycles. The third-order valence-electron chi connectivity index (χ3n) is 2.60. The van der Waals surface area contributed by atoms with Gasteiger partial charge < -0.3 is 15.2 Å². The Kier molecular flexibility index (Phi) is 5.99. The summed E-state index contributed by atoms with van der Waals surface area (Å²) in [5.41, 5.74) is -0.251. The molecule has 0 bridgehead atoms. The lowest BCUT2D eigenvalue weighted by molar-refractivity contribution is 0.183. The maximum Gasteiger partial charge on any atom is 0.118 e. The van der Waals surface area contributed by atoms with Crippen molar-refractivity contribution < 1.29 is 9.84 Å². The summed E-state index contributed by atoms with van der Waals surface area (Å²) in [5.74, 6) is 1.69. The van der Waals surface area contributed by atoms with Crippen LogP contribution in [0.2, 0.25) is 0 Å². The molecule has 1 aromatic carbocycles. The highest BCUT2D eigenvalue weighted by molar-refractivity contribution is 7.99. The first kappa shape index (κ1) is 15.3. The van der Waals surface area contributed by atoms with Crippen LogP contribution < -0.4 is 10.1 Å². The molecule has 0 amide bonds. The van der Waals surface area contributed by atoms with Gasteiger partial charge in [-0.15, -0.1) is 11.8 Å². The maximum absolute atomic E-state index is 9.50. The molecule has 1 atom stereocenters. The molecule has 2 N–H and O–H groups in total. The number of hydrogen-bond acceptors (Lipinski definition) is 4. The van der Waals surface area contributed by atoms with Gasteiger partial charge in [-0.05, 0) is 31.2 Å². The van der Waals surface area contributed by atoms with E-state index in [2.05, 4.69) is 19.2 Å². The van der Waals surface area contributed by atoms with E-state index in [1.165, 1.54) is 4.90 Å². The molecule has 1 rings (SSSR count). The van der Waals surface area contributed by atoms with Crippen molar-refractivity contribution in [3.8, 4) is 5.75 Å². The van der Waals surface area contributed by atoms with Gasteiger partial charge in [0.25, 0.3) is 0 Å². The summed E-state index contributed by atoms with van der Waals surface area (Å²) in [4.78, 5) is 1.18. The van der Waals surface area contributed by atoms with E-state index in [4.69, 9.17) is 4.74 Å². The predicted octanol–water partition coefficient (Wildman–Crippen LogP) is 2.54. The van der Waals surface area contributed by atoms with E-state index in [0.29, 0.717) is 6.04 Å². The molecule has 0 spiro atoms. The molecule has 0 aliphatic rings. The molecule has 3 nitrogen and oxygen atoms in total. The van der Waals surface area contributed by atoms with Crippen LogP contribution in [0.15, 0.2) is 29.2 Å². The van der Waals surface area contributed by atoms with Gasteiger partial charge in [-0.25, -0.2) is 0 Å². The van der Waals surface area contributed by atoms with Crippen molar-refractivity contribution in [1.29, 1.82) is 0 Å². The van der Waals surface area contributed by atoms with Crippen molar-refractivity contribution in [3.05, 3.63) is 24.3 Å². The van der Waals surface area contributed by atoms with Crippen molar-refractivity contribution in [2.24, 2.45) is 0 Å². The zero-order valence-corrected chi connectivity index (χ0v) is 12.4. The van der Waals surface area contributed by atoms with Crippen LogP contribution in [-0.2, 0) is 0 Å². The second kappa shape index (κ2) is 7.02. The average molecular weight is 269 g/mol. The summed E-state index contributed by atoms with van der Waals surface area (Å²) in [5, 5.41) is 12.9. The van der Waals surface area contributed by atoms with Gasteiger partial charge in [-0.3, -0.25) is 0 Å². The SMILES string of the molecule is COc1ccc(SCC(C)(CO)NC(C)C)cc1. The van der Waals surface area contributed by atoms with E-state index in [9.17, 15) is 5.11 Å². The number of rotatable bonds is 7. The Balaban J connectivity index is 2.56. The predicted molar refractivity (Wildman–Crippen MR) is 77.5 cm³/mol. The number of hydrogen-bond donors (Lipinski definition) is 2. The van der Waals surface area contributed by atoms with Crippen LogP contribution in [0.1, 0.15) is 20.8 Å². The van der Waals surface area contributed by atoms with Crippen LogP contribution in [0.5, 0.6) is 5.75 Å². The van der Waals surface area contributed by atoms with Crippen molar-refractivity contribution in [3.63, 3.8) is 0 Å². The zero-order chi connectivity index (χ0) is 13.6. The van der Waals surface area contributed by atoms with Gasteiger partial charge in [-0.2, -0.15) is 0 Å². The molecular weight excluding hydrogens is 246 g/mol. The monoisotopic (exact) mass is 269 g/mol. The lowest BCUT2D eigenvalue weighted by Crippen LogP contribution is -2.51. The van der Waals surface area contributed by atoms with Crippen LogP contribution in [0.25, 0.3) is 0 Å². The summed E-state index contributed by atoms with van der Waals surface area (Å²) < 4.78 is 5.13. The number of nitrogens with one attached hydrogen (secondary N) is 1. The molecular formula is C14H23NO2S. The Morgan fingerprint density at radius 2 is 1.94 bits per heavy atom. The van der Waals surface area contributed by atoms with E-state index in [1.807, 2.05) is 31.2 Å². The topological polar surface area (TPSA) is 41.5 Å². The minimum atomic E-state index is -0.251. The van der Waals surface area contributed by atoms with E-state index < -0.39 is 0 Å². The molecule has 1 aromatic rings. The fourth-order valence-corrected chi connectivity index (χ4v) is 2.73. The molecule has 0 aliphatic carbocycles. The zero-order valence-electron chi connectivity index (χ0n) is 11.6. The fraction of sp³-hybridized carbons (Fsp3) is 0.571. The molecule has 0 radical (unpaired) electrons. The Labute approximate surface area is 114 Å². The summed E-state index contributed by atoms with van der Waals surface area (Å²) in [6.07, 6.45) is 0. The Morgan fingerprint density at radius 1 is 1.33 bits per heavy atom. The highest BCUT2D eigenvalue weighted by Gasteiger charge is 2.23. The average Bonchev–Trinajstić information content (AvgIpc) is 2.36. The van der Waals surface area contributed by atoms with Crippen LogP contribution in [0, 0.1) is 0 Å². The van der Waals surface area contributed by atoms with Gasteiger partial charge in [0.2, 0.25) is 0 Å². The lowest BCUT2D eigenvalue weighted by Gasteiger charge is -2.30. The summed E-state index contributed by atoms with van der Waals surface area (Å²) in [6.45, 7) is 6.36. The number of methoxy groups -OCH3 is 1. The molecule has 0 fully saturated rings. The van der Waals surface area contributed by atoms with Gasteiger partial charge >= 0.3 is 0 Å². The van der Waals surface area contributed by atoms with E-state index in [0.717, 1.165) is 11.5 Å². The molecule has 0 heterocycles. The second-order valence-electron chi connectivity index (χ2n) is 4.98. The third-order valence-corrected chi connectivity index (χ3v) is 3.99. The smallest absolute Gasteiger partial charge is 0.118 e. The molecule has 102 valence electrons. The van der Waals surface area contributed by atoms with Crippen molar-refractivity contribution >= 4 is 11.8 Å². The van der Waals surface area contributed by atoms with Gasteiger partial charge in [0.1, 0.15) is 5.75 Å². The first-order valence-corrected chi connectivity index (χ1v) is 7.13. The van der Waals surface area contributed by atoms with E-state index >= 15 is 0 Å². The van der Waals surface area contributed by atoms with Crippen LogP contribution in [-0.4, -0.2) is 36.2 Å². The molecule has 18 heavy (non-hydrogen) atoms. The molecule has 0 saturated carbocycles. The molecule has 0 aromatic heterocycles. The van der Waals surface area contributed by atoms with Gasteiger partial charge in [0, 0.05) is 22.2 Å². The summed E-state index contributed by atoms with van der Waals surface area (Å²) in [7, 11) is 1.66. The molecule has 4 heteroatoms. The number of benzene rings is 1. The number of ether oxygens (including phenoxy) is 1. The van der Waals surface area contributed by atoms with Gasteiger partial charge in [0.15, 0.2) is 0 Å². The van der Waals surface area contributed by atoms with Crippen LogP contribution >= 0.6 is 11.8 Å². The normalized spacial score (nSPS) is 14.6. The quantitative estimate of drug-likeness (QED) is 0.746. The molecule has 1 unspecified atom stereocenters. The minimum absolute atomic E-state index is 0.133. The Bertz CT molecular complexity index is 353. The number of aliphatic hydroxyl groups excluding tert-OH is 1. The van der Waals surface area contributed by atoms with Crippen molar-refractivity contribution in [2.75, 3.05) is 19.5 Å². The first-order valence-electron chi connectivity index (χ1n) is 6.14. The highest BCUT2D eigenvalue weighted by Crippen LogP contribution is 2.24.